The normalized spacial score (nSPS) is 9.29. The number of carbonyl (C=O) groups is 1. The van der Waals surface area contributed by atoms with Gasteiger partial charge >= 0.3 is 0 Å². The van der Waals surface area contributed by atoms with E-state index in [1.165, 1.54) is 0 Å². The minimum absolute atomic E-state index is 0.0139. The summed E-state index contributed by atoms with van der Waals surface area (Å²) in [6.07, 6.45) is 1.96. The SMILES string of the molecule is CCCCN(CCN=[N+]=[N-])C(=O)CCl. The quantitative estimate of drug-likeness (QED) is 0.279. The summed E-state index contributed by atoms with van der Waals surface area (Å²) in [4.78, 5) is 15.5. The molecule has 0 N–H and O–H groups in total. The Hall–Kier alpha value is -0.930. The van der Waals surface area contributed by atoms with Crippen molar-refractivity contribution in [3.63, 3.8) is 0 Å². The molecule has 0 unspecified atom stereocenters. The number of nitrogens with zero attached hydrogens (tertiary/aromatic N) is 4. The molecule has 0 bridgehead atoms. The Balaban J connectivity index is 3.96. The first-order valence-electron chi connectivity index (χ1n) is 4.60. The molecule has 0 saturated heterocycles. The van der Waals surface area contributed by atoms with Crippen molar-refractivity contribution in [3.05, 3.63) is 10.4 Å². The number of hydrogen-bond acceptors (Lipinski definition) is 2. The van der Waals surface area contributed by atoms with Gasteiger partial charge in [-0.3, -0.25) is 4.79 Å². The molecule has 14 heavy (non-hydrogen) atoms. The van der Waals surface area contributed by atoms with Crippen LogP contribution in [0.25, 0.3) is 10.4 Å². The minimum Gasteiger partial charge on any atom is -0.342 e. The van der Waals surface area contributed by atoms with Crippen LogP contribution >= 0.6 is 11.6 Å². The van der Waals surface area contributed by atoms with E-state index in [1.54, 1.807) is 4.90 Å². The molecular weight excluding hydrogens is 204 g/mol. The Morgan fingerprint density at radius 3 is 2.79 bits per heavy atom. The van der Waals surface area contributed by atoms with Gasteiger partial charge < -0.3 is 4.90 Å². The van der Waals surface area contributed by atoms with Gasteiger partial charge in [0.05, 0.1) is 0 Å². The molecule has 0 aromatic carbocycles. The Bertz CT molecular complexity index is 215. The highest BCUT2D eigenvalue weighted by Crippen LogP contribution is 1.97. The monoisotopic (exact) mass is 218 g/mol. The van der Waals surface area contributed by atoms with Gasteiger partial charge in [-0.15, -0.1) is 11.6 Å². The smallest absolute Gasteiger partial charge is 0.237 e. The van der Waals surface area contributed by atoms with Crippen LogP contribution < -0.4 is 0 Å². The van der Waals surface area contributed by atoms with Crippen LogP contribution in [-0.2, 0) is 4.79 Å². The largest absolute Gasteiger partial charge is 0.342 e. The summed E-state index contributed by atoms with van der Waals surface area (Å²) in [6, 6.07) is 0. The molecule has 0 atom stereocenters. The van der Waals surface area contributed by atoms with Crippen molar-refractivity contribution in [2.75, 3.05) is 25.5 Å². The van der Waals surface area contributed by atoms with E-state index < -0.39 is 0 Å². The summed E-state index contributed by atoms with van der Waals surface area (Å²) in [7, 11) is 0. The highest BCUT2D eigenvalue weighted by molar-refractivity contribution is 6.27. The van der Waals surface area contributed by atoms with E-state index in [2.05, 4.69) is 16.9 Å². The number of alkyl halides is 1. The summed E-state index contributed by atoms with van der Waals surface area (Å²) < 4.78 is 0. The molecule has 0 radical (unpaired) electrons. The predicted molar refractivity (Wildman–Crippen MR) is 56.2 cm³/mol. The molecule has 0 rings (SSSR count). The zero-order valence-electron chi connectivity index (χ0n) is 8.32. The van der Waals surface area contributed by atoms with Gasteiger partial charge in [-0.1, -0.05) is 18.5 Å². The second-order valence-corrected chi connectivity index (χ2v) is 3.09. The van der Waals surface area contributed by atoms with Gasteiger partial charge in [0, 0.05) is 24.5 Å². The summed E-state index contributed by atoms with van der Waals surface area (Å²) in [5, 5.41) is 3.38. The first-order chi connectivity index (χ1) is 6.76. The second kappa shape index (κ2) is 8.66. The molecule has 0 aliphatic carbocycles. The summed E-state index contributed by atoms with van der Waals surface area (Å²) in [6.45, 7) is 3.50. The van der Waals surface area contributed by atoms with E-state index in [4.69, 9.17) is 17.1 Å². The van der Waals surface area contributed by atoms with E-state index in [9.17, 15) is 4.79 Å². The first kappa shape index (κ1) is 13.1. The van der Waals surface area contributed by atoms with Gasteiger partial charge in [0.2, 0.25) is 5.91 Å². The van der Waals surface area contributed by atoms with E-state index in [0.29, 0.717) is 19.6 Å². The van der Waals surface area contributed by atoms with Crippen molar-refractivity contribution in [2.24, 2.45) is 5.11 Å². The fourth-order valence-electron chi connectivity index (χ4n) is 1.00. The third-order valence-electron chi connectivity index (χ3n) is 1.78. The van der Waals surface area contributed by atoms with Crippen LogP contribution in [0, 0.1) is 0 Å². The van der Waals surface area contributed by atoms with Crippen LogP contribution in [0.2, 0.25) is 0 Å². The average molecular weight is 219 g/mol. The maximum Gasteiger partial charge on any atom is 0.237 e. The number of amides is 1. The molecule has 0 aliphatic heterocycles. The Labute approximate surface area is 88.7 Å². The maximum absolute atomic E-state index is 11.3. The van der Waals surface area contributed by atoms with Crippen LogP contribution in [0.3, 0.4) is 0 Å². The molecular formula is C8H15ClN4O. The third-order valence-corrected chi connectivity index (χ3v) is 2.01. The number of unbranched alkanes of at least 4 members (excludes halogenated alkanes) is 1. The van der Waals surface area contributed by atoms with Crippen LogP contribution in [0.4, 0.5) is 0 Å². The fraction of sp³-hybridized carbons (Fsp3) is 0.875. The average Bonchev–Trinajstić information content (AvgIpc) is 2.22. The first-order valence-corrected chi connectivity index (χ1v) is 5.14. The van der Waals surface area contributed by atoms with Crippen LogP contribution in [-0.4, -0.2) is 36.3 Å². The number of azide groups is 1. The van der Waals surface area contributed by atoms with Gasteiger partial charge in [-0.2, -0.15) is 0 Å². The number of halogens is 1. The topological polar surface area (TPSA) is 69.1 Å². The lowest BCUT2D eigenvalue weighted by Gasteiger charge is -2.20. The fourth-order valence-corrected chi connectivity index (χ4v) is 1.17. The molecule has 0 fully saturated rings. The zero-order valence-corrected chi connectivity index (χ0v) is 9.07. The zero-order chi connectivity index (χ0) is 10.8. The van der Waals surface area contributed by atoms with Gasteiger partial charge in [-0.25, -0.2) is 0 Å². The van der Waals surface area contributed by atoms with E-state index in [0.717, 1.165) is 12.8 Å². The lowest BCUT2D eigenvalue weighted by atomic mass is 10.3. The number of carbonyl (C=O) groups excluding carboxylic acids is 1. The van der Waals surface area contributed by atoms with Gasteiger partial charge in [-0.05, 0) is 12.0 Å². The lowest BCUT2D eigenvalue weighted by Crippen LogP contribution is -2.34. The molecule has 0 aromatic rings. The molecule has 6 heteroatoms. The third kappa shape index (κ3) is 5.67. The highest BCUT2D eigenvalue weighted by Gasteiger charge is 2.10. The molecule has 0 heterocycles. The van der Waals surface area contributed by atoms with Crippen molar-refractivity contribution in [3.8, 4) is 0 Å². The maximum atomic E-state index is 11.3. The molecule has 0 spiro atoms. The van der Waals surface area contributed by atoms with Crippen LogP contribution in [0.1, 0.15) is 19.8 Å². The van der Waals surface area contributed by atoms with Crippen molar-refractivity contribution < 1.29 is 4.79 Å². The summed E-state index contributed by atoms with van der Waals surface area (Å²) in [5.41, 5.74) is 8.08. The molecule has 0 aromatic heterocycles. The predicted octanol–water partition coefficient (Wildman–Crippen LogP) is 2.16. The van der Waals surface area contributed by atoms with Gasteiger partial charge in [0.1, 0.15) is 5.88 Å². The molecule has 0 saturated carbocycles. The van der Waals surface area contributed by atoms with Crippen LogP contribution in [0.15, 0.2) is 5.11 Å². The van der Waals surface area contributed by atoms with Crippen molar-refractivity contribution in [1.82, 2.24) is 4.90 Å². The van der Waals surface area contributed by atoms with Crippen molar-refractivity contribution >= 4 is 17.5 Å². The number of hydrogen-bond donors (Lipinski definition) is 0. The van der Waals surface area contributed by atoms with E-state index in [1.807, 2.05) is 0 Å². The van der Waals surface area contributed by atoms with Crippen molar-refractivity contribution in [1.29, 1.82) is 0 Å². The Morgan fingerprint density at radius 2 is 2.29 bits per heavy atom. The Morgan fingerprint density at radius 1 is 1.57 bits per heavy atom. The van der Waals surface area contributed by atoms with Crippen LogP contribution in [0.5, 0.6) is 0 Å². The van der Waals surface area contributed by atoms with Gasteiger partial charge in [0.15, 0.2) is 0 Å². The molecule has 80 valence electrons. The highest BCUT2D eigenvalue weighted by atomic mass is 35.5. The number of rotatable bonds is 7. The summed E-state index contributed by atoms with van der Waals surface area (Å²) in [5.74, 6) is -0.117. The van der Waals surface area contributed by atoms with Crippen molar-refractivity contribution in [2.45, 2.75) is 19.8 Å². The molecule has 5 nitrogen and oxygen atoms in total. The summed E-state index contributed by atoms with van der Waals surface area (Å²) >= 11 is 5.44. The Kier molecular flexibility index (Phi) is 8.08. The second-order valence-electron chi connectivity index (χ2n) is 2.82. The van der Waals surface area contributed by atoms with Gasteiger partial charge in [0.25, 0.3) is 0 Å². The standard InChI is InChI=1S/C8H15ClN4O/c1-2-3-5-13(8(14)7-9)6-4-11-12-10/h2-7H2,1H3. The van der Waals surface area contributed by atoms with E-state index >= 15 is 0 Å². The minimum atomic E-state index is -0.103. The lowest BCUT2D eigenvalue weighted by molar-refractivity contribution is -0.128. The molecule has 1 amide bonds. The molecule has 0 aliphatic rings. The van der Waals surface area contributed by atoms with E-state index in [-0.39, 0.29) is 11.8 Å².